The van der Waals surface area contributed by atoms with Gasteiger partial charge in [0.15, 0.2) is 5.78 Å². The van der Waals surface area contributed by atoms with E-state index < -0.39 is 28.7 Å². The normalized spacial score (nSPS) is 36.9. The first-order valence-electron chi connectivity index (χ1n) is 6.88. The van der Waals surface area contributed by atoms with Crippen LogP contribution in [0, 0.1) is 5.41 Å². The SMILES string of the molecule is O=C1C[C@@]23C(=O)OC[C@@]2(CC[C@H]3O)c2c(O)ccc(O)c21. The first-order chi connectivity index (χ1) is 9.94. The average molecular weight is 290 g/mol. The van der Waals surface area contributed by atoms with Gasteiger partial charge < -0.3 is 20.1 Å². The fourth-order valence-electron chi connectivity index (χ4n) is 4.49. The smallest absolute Gasteiger partial charge is 0.316 e. The Labute approximate surface area is 120 Å². The molecule has 2 aliphatic carbocycles. The molecule has 110 valence electrons. The van der Waals surface area contributed by atoms with Crippen LogP contribution in [0.3, 0.4) is 0 Å². The summed E-state index contributed by atoms with van der Waals surface area (Å²) in [7, 11) is 0. The lowest BCUT2D eigenvalue weighted by Gasteiger charge is -2.42. The van der Waals surface area contributed by atoms with Gasteiger partial charge in [-0.15, -0.1) is 0 Å². The largest absolute Gasteiger partial charge is 0.508 e. The van der Waals surface area contributed by atoms with Crippen LogP contribution in [0.1, 0.15) is 35.2 Å². The van der Waals surface area contributed by atoms with Crippen molar-refractivity contribution in [2.75, 3.05) is 6.61 Å². The Hall–Kier alpha value is -2.08. The number of hydrogen-bond donors (Lipinski definition) is 3. The minimum atomic E-state index is -1.33. The van der Waals surface area contributed by atoms with Gasteiger partial charge in [0.05, 0.1) is 17.1 Å². The highest BCUT2D eigenvalue weighted by atomic mass is 16.5. The van der Waals surface area contributed by atoms with Crippen LogP contribution in [0.25, 0.3) is 0 Å². The third kappa shape index (κ3) is 1.15. The zero-order chi connectivity index (χ0) is 15.0. The molecule has 3 aliphatic rings. The van der Waals surface area contributed by atoms with Gasteiger partial charge in [-0.25, -0.2) is 0 Å². The maximum Gasteiger partial charge on any atom is 0.316 e. The predicted molar refractivity (Wildman–Crippen MR) is 69.0 cm³/mol. The van der Waals surface area contributed by atoms with E-state index in [1.54, 1.807) is 0 Å². The van der Waals surface area contributed by atoms with E-state index in [-0.39, 0.29) is 35.7 Å². The van der Waals surface area contributed by atoms with Crippen molar-refractivity contribution < 1.29 is 29.6 Å². The molecule has 6 nitrogen and oxygen atoms in total. The van der Waals surface area contributed by atoms with Gasteiger partial charge in [0.2, 0.25) is 0 Å². The summed E-state index contributed by atoms with van der Waals surface area (Å²) >= 11 is 0. The summed E-state index contributed by atoms with van der Waals surface area (Å²) in [5.41, 5.74) is -1.96. The van der Waals surface area contributed by atoms with Crippen molar-refractivity contribution in [2.24, 2.45) is 5.41 Å². The molecular weight excluding hydrogens is 276 g/mol. The summed E-state index contributed by atoms with van der Waals surface area (Å²) in [5.74, 6) is -1.40. The first-order valence-corrected chi connectivity index (χ1v) is 6.88. The van der Waals surface area contributed by atoms with Crippen LogP contribution < -0.4 is 0 Å². The van der Waals surface area contributed by atoms with Gasteiger partial charge in [-0.1, -0.05) is 0 Å². The highest BCUT2D eigenvalue weighted by molar-refractivity contribution is 6.07. The van der Waals surface area contributed by atoms with E-state index in [2.05, 4.69) is 0 Å². The van der Waals surface area contributed by atoms with Gasteiger partial charge in [0, 0.05) is 12.0 Å². The number of ketones is 1. The number of benzene rings is 1. The van der Waals surface area contributed by atoms with E-state index in [4.69, 9.17) is 4.74 Å². The van der Waals surface area contributed by atoms with E-state index in [0.29, 0.717) is 12.8 Å². The lowest BCUT2D eigenvalue weighted by molar-refractivity contribution is -0.151. The monoisotopic (exact) mass is 290 g/mol. The number of ether oxygens (including phenoxy) is 1. The van der Waals surface area contributed by atoms with Gasteiger partial charge in [0.25, 0.3) is 0 Å². The van der Waals surface area contributed by atoms with Gasteiger partial charge >= 0.3 is 5.97 Å². The standard InChI is InChI=1S/C15H14O6/c16-7-1-2-8(17)12-11(7)9(18)5-15-10(19)3-4-14(12,15)6-21-13(15)20/h1-2,10,16-17,19H,3-6H2/t10-,14+,15-/m1/s1. The highest BCUT2D eigenvalue weighted by Gasteiger charge is 2.73. The molecule has 0 aromatic heterocycles. The van der Waals surface area contributed by atoms with Gasteiger partial charge in [-0.3, -0.25) is 9.59 Å². The van der Waals surface area contributed by atoms with E-state index in [9.17, 15) is 24.9 Å². The molecule has 0 spiro atoms. The molecule has 0 bridgehead atoms. The fourth-order valence-corrected chi connectivity index (χ4v) is 4.49. The Morgan fingerprint density at radius 1 is 1.19 bits per heavy atom. The van der Waals surface area contributed by atoms with E-state index in [1.807, 2.05) is 0 Å². The second-order valence-electron chi connectivity index (χ2n) is 6.14. The quantitative estimate of drug-likeness (QED) is 0.478. The number of phenols is 2. The van der Waals surface area contributed by atoms with Crippen LogP contribution in [0.2, 0.25) is 0 Å². The Morgan fingerprint density at radius 2 is 1.90 bits per heavy atom. The summed E-state index contributed by atoms with van der Waals surface area (Å²) in [6.45, 7) is 0.0141. The summed E-state index contributed by atoms with van der Waals surface area (Å²) in [6, 6.07) is 2.57. The summed E-state index contributed by atoms with van der Waals surface area (Å²) < 4.78 is 5.17. The second kappa shape index (κ2) is 3.57. The zero-order valence-electron chi connectivity index (χ0n) is 11.1. The van der Waals surface area contributed by atoms with E-state index >= 15 is 0 Å². The topological polar surface area (TPSA) is 104 Å². The molecular formula is C15H14O6. The van der Waals surface area contributed by atoms with Crippen LogP contribution >= 0.6 is 0 Å². The van der Waals surface area contributed by atoms with E-state index in [1.165, 1.54) is 12.1 Å². The van der Waals surface area contributed by atoms with Crippen LogP contribution in [0.4, 0.5) is 0 Å². The van der Waals surface area contributed by atoms with Gasteiger partial charge in [-0.2, -0.15) is 0 Å². The maximum absolute atomic E-state index is 12.4. The number of aromatic hydroxyl groups is 2. The summed E-state index contributed by atoms with van der Waals surface area (Å²) in [5, 5.41) is 30.6. The number of cyclic esters (lactones) is 1. The van der Waals surface area contributed by atoms with Crippen molar-refractivity contribution in [3.05, 3.63) is 23.3 Å². The molecule has 0 amide bonds. The molecule has 2 fully saturated rings. The minimum Gasteiger partial charge on any atom is -0.508 e. The number of aliphatic hydroxyl groups excluding tert-OH is 1. The van der Waals surface area contributed by atoms with Crippen LogP contribution in [-0.4, -0.2) is 39.8 Å². The molecule has 0 radical (unpaired) electrons. The van der Waals surface area contributed by atoms with Gasteiger partial charge in [0.1, 0.15) is 23.5 Å². The lowest BCUT2D eigenvalue weighted by Crippen LogP contribution is -2.53. The molecule has 1 saturated heterocycles. The number of hydrogen-bond acceptors (Lipinski definition) is 6. The third-order valence-electron chi connectivity index (χ3n) is 5.44. The molecule has 1 aromatic carbocycles. The molecule has 1 aliphatic heterocycles. The molecule has 1 aromatic rings. The molecule has 4 rings (SSSR count). The highest BCUT2D eigenvalue weighted by Crippen LogP contribution is 2.65. The summed E-state index contributed by atoms with van der Waals surface area (Å²) in [6.07, 6.45) is -0.392. The third-order valence-corrected chi connectivity index (χ3v) is 5.44. The number of aliphatic hydroxyl groups is 1. The van der Waals surface area contributed by atoms with Crippen LogP contribution in [-0.2, 0) is 14.9 Å². The molecule has 3 N–H and O–H groups in total. The van der Waals surface area contributed by atoms with Crippen molar-refractivity contribution in [2.45, 2.75) is 30.8 Å². The van der Waals surface area contributed by atoms with Crippen molar-refractivity contribution in [1.82, 2.24) is 0 Å². The number of carbonyl (C=O) groups is 2. The Morgan fingerprint density at radius 3 is 2.67 bits per heavy atom. The number of rotatable bonds is 0. The first kappa shape index (κ1) is 12.6. The van der Waals surface area contributed by atoms with Crippen molar-refractivity contribution in [3.8, 4) is 11.5 Å². The zero-order valence-corrected chi connectivity index (χ0v) is 11.1. The molecule has 1 saturated carbocycles. The second-order valence-corrected chi connectivity index (χ2v) is 6.14. The molecule has 1 heterocycles. The molecule has 3 atom stereocenters. The van der Waals surface area contributed by atoms with Crippen molar-refractivity contribution in [3.63, 3.8) is 0 Å². The number of Topliss-reactive ketones (excluding diaryl/α,β-unsaturated/α-hetero) is 1. The summed E-state index contributed by atoms with van der Waals surface area (Å²) in [4.78, 5) is 24.7. The Balaban J connectivity index is 2.11. The van der Waals surface area contributed by atoms with E-state index in [0.717, 1.165) is 0 Å². The van der Waals surface area contributed by atoms with Gasteiger partial charge in [-0.05, 0) is 25.0 Å². The molecule has 6 heteroatoms. The fraction of sp³-hybridized carbons (Fsp3) is 0.467. The number of esters is 1. The lowest BCUT2D eigenvalue weighted by atomic mass is 9.56. The van der Waals surface area contributed by atoms with Crippen molar-refractivity contribution in [1.29, 1.82) is 0 Å². The number of phenolic OH excluding ortho intramolecular Hbond substituents is 2. The Kier molecular flexibility index (Phi) is 2.15. The Bertz CT molecular complexity index is 696. The van der Waals surface area contributed by atoms with Crippen LogP contribution in [0.5, 0.6) is 11.5 Å². The predicted octanol–water partition coefficient (Wildman–Crippen LogP) is 0.620. The minimum absolute atomic E-state index is 0.0141. The van der Waals surface area contributed by atoms with Crippen molar-refractivity contribution >= 4 is 11.8 Å². The number of fused-ring (bicyclic) bond motifs is 1. The molecule has 0 unspecified atom stereocenters. The average Bonchev–Trinajstić information content (AvgIpc) is 2.90. The maximum atomic E-state index is 12.4. The number of carbonyl (C=O) groups excluding carboxylic acids is 2. The van der Waals surface area contributed by atoms with Crippen LogP contribution in [0.15, 0.2) is 12.1 Å². The molecule has 21 heavy (non-hydrogen) atoms.